The quantitative estimate of drug-likeness (QED) is 0.461. The molecule has 1 rings (SSSR count). The first-order valence-electron chi connectivity index (χ1n) is 3.32. The molecule has 0 saturated heterocycles. The molecule has 0 saturated carbocycles. The second-order valence-corrected chi connectivity index (χ2v) is 2.51. The van der Waals surface area contributed by atoms with Crippen LogP contribution in [-0.4, -0.2) is 0 Å². The number of allylic oxidation sites excluding steroid dienone is 6. The van der Waals surface area contributed by atoms with Gasteiger partial charge in [-0.05, 0) is 12.8 Å². The summed E-state index contributed by atoms with van der Waals surface area (Å²) < 4.78 is 0. The Morgan fingerprint density at radius 1 is 1.33 bits per heavy atom. The number of rotatable bonds is 0. The lowest BCUT2D eigenvalue weighted by molar-refractivity contribution is 0.934. The Bertz CT molecular complexity index is 170. The van der Waals surface area contributed by atoms with Gasteiger partial charge in [-0.15, -0.1) is 0 Å². The second kappa shape index (κ2) is 2.67. The Balaban J connectivity index is 2.77. The Hall–Kier alpha value is -0.780. The molecule has 0 aromatic rings. The minimum absolute atomic E-state index is 0.597. The van der Waals surface area contributed by atoms with Crippen LogP contribution >= 0.6 is 0 Å². The topological polar surface area (TPSA) is 0 Å². The van der Waals surface area contributed by atoms with Gasteiger partial charge in [-0.3, -0.25) is 0 Å². The fraction of sp³-hybridized carbons (Fsp3) is 0.333. The summed E-state index contributed by atoms with van der Waals surface area (Å²) in [5, 5.41) is 0. The first-order chi connectivity index (χ1) is 4.29. The maximum absolute atomic E-state index is 2.25. The molecule has 0 radical (unpaired) electrons. The fourth-order valence-electron chi connectivity index (χ4n) is 0.973. The van der Waals surface area contributed by atoms with Crippen molar-refractivity contribution < 1.29 is 0 Å². The van der Waals surface area contributed by atoms with E-state index in [1.807, 2.05) is 0 Å². The summed E-state index contributed by atoms with van der Waals surface area (Å²) in [5.41, 5.74) is 1.35. The van der Waals surface area contributed by atoms with Crippen LogP contribution in [0.15, 0.2) is 36.0 Å². The summed E-state index contributed by atoms with van der Waals surface area (Å²) >= 11 is 0. The lowest BCUT2D eigenvalue weighted by Gasteiger charge is -1.94. The zero-order valence-electron chi connectivity index (χ0n) is 5.96. The van der Waals surface area contributed by atoms with Crippen molar-refractivity contribution in [3.8, 4) is 0 Å². The van der Waals surface area contributed by atoms with Crippen LogP contribution in [0, 0.1) is 5.92 Å². The Labute approximate surface area is 56.6 Å². The fourth-order valence-corrected chi connectivity index (χ4v) is 0.973. The second-order valence-electron chi connectivity index (χ2n) is 2.51. The number of hydrogen-bond acceptors (Lipinski definition) is 0. The first kappa shape index (κ1) is 6.34. The lowest BCUT2D eigenvalue weighted by atomic mass is 10.1. The highest BCUT2D eigenvalue weighted by Crippen LogP contribution is 2.08. The minimum atomic E-state index is 0.597. The molecule has 0 aliphatic heterocycles. The summed E-state index contributed by atoms with van der Waals surface area (Å²) in [5.74, 6) is 0.597. The van der Waals surface area contributed by atoms with Crippen LogP contribution in [0.5, 0.6) is 0 Å². The molecule has 48 valence electrons. The van der Waals surface area contributed by atoms with Crippen LogP contribution in [0.4, 0.5) is 0 Å². The van der Waals surface area contributed by atoms with Gasteiger partial charge in [0, 0.05) is 0 Å². The molecule has 9 heavy (non-hydrogen) atoms. The molecule has 0 bridgehead atoms. The van der Waals surface area contributed by atoms with Gasteiger partial charge < -0.3 is 0 Å². The third-order valence-electron chi connectivity index (χ3n) is 1.41. The zero-order valence-corrected chi connectivity index (χ0v) is 5.96. The maximum Gasteiger partial charge on any atom is -0.00730 e. The Kier molecular flexibility index (Phi) is 1.88. The van der Waals surface area contributed by atoms with Crippen molar-refractivity contribution in [3.63, 3.8) is 0 Å². The van der Waals surface area contributed by atoms with Crippen molar-refractivity contribution in [1.29, 1.82) is 0 Å². The highest BCUT2D eigenvalue weighted by atomic mass is 14.0. The number of hydrogen-bond donors (Lipinski definition) is 0. The van der Waals surface area contributed by atoms with Gasteiger partial charge in [0.05, 0.1) is 0 Å². The van der Waals surface area contributed by atoms with Crippen LogP contribution < -0.4 is 0 Å². The molecular formula is C9H12. The van der Waals surface area contributed by atoms with E-state index in [1.165, 1.54) is 5.57 Å². The average molecular weight is 120 g/mol. The van der Waals surface area contributed by atoms with Gasteiger partial charge in [-0.25, -0.2) is 0 Å². The summed E-state index contributed by atoms with van der Waals surface area (Å²) in [6.45, 7) is 4.31. The Morgan fingerprint density at radius 2 is 2.11 bits per heavy atom. The molecule has 1 aliphatic carbocycles. The molecule has 1 atom stereocenters. The minimum Gasteiger partial charge on any atom is -0.0779 e. The molecule has 1 unspecified atom stereocenters. The maximum atomic E-state index is 2.25. The largest absolute Gasteiger partial charge is 0.0779 e. The van der Waals surface area contributed by atoms with Crippen molar-refractivity contribution in [3.05, 3.63) is 36.0 Å². The SMILES string of the molecule is CC1=CC(C)C=CC=C1. The van der Waals surface area contributed by atoms with Crippen molar-refractivity contribution in [1.82, 2.24) is 0 Å². The summed E-state index contributed by atoms with van der Waals surface area (Å²) in [6.07, 6.45) is 10.7. The normalized spacial score (nSPS) is 25.6. The molecule has 0 nitrogen and oxygen atoms in total. The van der Waals surface area contributed by atoms with E-state index >= 15 is 0 Å². The van der Waals surface area contributed by atoms with Crippen LogP contribution in [0.25, 0.3) is 0 Å². The highest BCUT2D eigenvalue weighted by Gasteiger charge is 1.92. The van der Waals surface area contributed by atoms with Gasteiger partial charge in [-0.2, -0.15) is 0 Å². The standard InChI is InChI=1S/C9H12/c1-8-5-3-4-6-9(2)7-8/h3-8H,1-2H3. The van der Waals surface area contributed by atoms with Gasteiger partial charge in [0.25, 0.3) is 0 Å². The molecule has 0 amide bonds. The molecule has 0 heterocycles. The predicted octanol–water partition coefficient (Wildman–Crippen LogP) is 2.69. The molecule has 0 aromatic carbocycles. The molecule has 1 aliphatic rings. The van der Waals surface area contributed by atoms with Gasteiger partial charge in [0.15, 0.2) is 0 Å². The van der Waals surface area contributed by atoms with Crippen LogP contribution in [0.1, 0.15) is 13.8 Å². The first-order valence-corrected chi connectivity index (χ1v) is 3.32. The summed E-state index contributed by atoms with van der Waals surface area (Å²) in [7, 11) is 0. The lowest BCUT2D eigenvalue weighted by Crippen LogP contribution is -1.80. The van der Waals surface area contributed by atoms with E-state index < -0.39 is 0 Å². The summed E-state index contributed by atoms with van der Waals surface area (Å²) in [6, 6.07) is 0. The van der Waals surface area contributed by atoms with Crippen molar-refractivity contribution in [2.45, 2.75) is 13.8 Å². The van der Waals surface area contributed by atoms with E-state index in [0.29, 0.717) is 5.92 Å². The van der Waals surface area contributed by atoms with E-state index in [-0.39, 0.29) is 0 Å². The molecule has 0 aromatic heterocycles. The van der Waals surface area contributed by atoms with E-state index in [2.05, 4.69) is 44.2 Å². The van der Waals surface area contributed by atoms with Crippen molar-refractivity contribution >= 4 is 0 Å². The van der Waals surface area contributed by atoms with E-state index in [4.69, 9.17) is 0 Å². The Morgan fingerprint density at radius 3 is 2.89 bits per heavy atom. The zero-order chi connectivity index (χ0) is 6.69. The van der Waals surface area contributed by atoms with Gasteiger partial charge in [0.1, 0.15) is 0 Å². The van der Waals surface area contributed by atoms with Crippen LogP contribution in [0.2, 0.25) is 0 Å². The summed E-state index contributed by atoms with van der Waals surface area (Å²) in [4.78, 5) is 0. The van der Waals surface area contributed by atoms with E-state index in [1.54, 1.807) is 0 Å². The van der Waals surface area contributed by atoms with Gasteiger partial charge in [-0.1, -0.05) is 42.9 Å². The van der Waals surface area contributed by atoms with Crippen molar-refractivity contribution in [2.75, 3.05) is 0 Å². The predicted molar refractivity (Wildman–Crippen MR) is 41.2 cm³/mol. The third-order valence-corrected chi connectivity index (χ3v) is 1.41. The van der Waals surface area contributed by atoms with E-state index in [0.717, 1.165) is 0 Å². The molecule has 0 fully saturated rings. The van der Waals surface area contributed by atoms with Crippen LogP contribution in [-0.2, 0) is 0 Å². The van der Waals surface area contributed by atoms with Crippen molar-refractivity contribution in [2.24, 2.45) is 5.92 Å². The molecule has 0 spiro atoms. The van der Waals surface area contributed by atoms with Gasteiger partial charge >= 0.3 is 0 Å². The van der Waals surface area contributed by atoms with Crippen LogP contribution in [0.3, 0.4) is 0 Å². The third kappa shape index (κ3) is 1.88. The van der Waals surface area contributed by atoms with E-state index in [9.17, 15) is 0 Å². The molecule has 0 N–H and O–H groups in total. The smallest absolute Gasteiger partial charge is 0.00730 e. The van der Waals surface area contributed by atoms with Gasteiger partial charge in [0.2, 0.25) is 0 Å². The molecule has 0 heteroatoms. The monoisotopic (exact) mass is 120 g/mol. The highest BCUT2D eigenvalue weighted by molar-refractivity contribution is 5.25. The average Bonchev–Trinajstić information content (AvgIpc) is 1.93. The molecular weight excluding hydrogens is 108 g/mol.